The van der Waals surface area contributed by atoms with Gasteiger partial charge < -0.3 is 10.0 Å². The lowest BCUT2D eigenvalue weighted by atomic mass is 10.1. The van der Waals surface area contributed by atoms with E-state index < -0.39 is 23.7 Å². The fraction of sp³-hybridized carbons (Fsp3) is 0.533. The molecule has 1 aliphatic heterocycles. The molecule has 0 aliphatic carbocycles. The van der Waals surface area contributed by atoms with Crippen LogP contribution in [0.3, 0.4) is 0 Å². The van der Waals surface area contributed by atoms with Crippen molar-refractivity contribution in [2.75, 3.05) is 26.2 Å². The number of aliphatic hydroxyl groups is 1. The van der Waals surface area contributed by atoms with Crippen LogP contribution in [0.4, 0.5) is 17.6 Å². The Kier molecular flexibility index (Phi) is 5.26. The van der Waals surface area contributed by atoms with Crippen LogP contribution in [0.25, 0.3) is 0 Å². The van der Waals surface area contributed by atoms with Gasteiger partial charge in [0.05, 0.1) is 5.56 Å². The van der Waals surface area contributed by atoms with Crippen LogP contribution in [0.15, 0.2) is 18.2 Å². The number of carbonyl (C=O) groups is 1. The van der Waals surface area contributed by atoms with Crippen molar-refractivity contribution in [2.45, 2.75) is 25.7 Å². The minimum atomic E-state index is -4.72. The Balaban J connectivity index is 1.98. The van der Waals surface area contributed by atoms with Crippen LogP contribution in [-0.2, 0) is 17.5 Å². The fourth-order valence-electron chi connectivity index (χ4n) is 2.54. The summed E-state index contributed by atoms with van der Waals surface area (Å²) in [7, 11) is 0. The van der Waals surface area contributed by atoms with Crippen molar-refractivity contribution in [1.82, 2.24) is 9.80 Å². The van der Waals surface area contributed by atoms with E-state index in [-0.39, 0.29) is 12.5 Å². The van der Waals surface area contributed by atoms with E-state index in [1.807, 2.05) is 4.90 Å². The highest BCUT2D eigenvalue weighted by Gasteiger charge is 2.34. The number of carbonyl (C=O) groups excluding carboxylic acids is 1. The largest absolute Gasteiger partial charge is 0.419 e. The Morgan fingerprint density at radius 2 is 1.87 bits per heavy atom. The predicted molar refractivity (Wildman–Crippen MR) is 74.9 cm³/mol. The van der Waals surface area contributed by atoms with E-state index >= 15 is 0 Å². The number of rotatable bonds is 3. The van der Waals surface area contributed by atoms with E-state index in [0.717, 1.165) is 12.1 Å². The summed E-state index contributed by atoms with van der Waals surface area (Å²) in [5.41, 5.74) is -0.896. The molecule has 1 fully saturated rings. The summed E-state index contributed by atoms with van der Waals surface area (Å²) in [6, 6.07) is 2.98. The Labute approximate surface area is 131 Å². The van der Waals surface area contributed by atoms with Crippen molar-refractivity contribution < 1.29 is 27.5 Å². The first-order valence-electron chi connectivity index (χ1n) is 7.23. The predicted octanol–water partition coefficient (Wildman–Crippen LogP) is 1.87. The second-order valence-corrected chi connectivity index (χ2v) is 5.59. The van der Waals surface area contributed by atoms with Gasteiger partial charge in [0, 0.05) is 32.7 Å². The van der Waals surface area contributed by atoms with Gasteiger partial charge in [-0.05, 0) is 24.6 Å². The van der Waals surface area contributed by atoms with Crippen molar-refractivity contribution in [3.05, 3.63) is 35.1 Å². The number of aliphatic hydroxyl groups excluding tert-OH is 1. The Morgan fingerprint density at radius 3 is 2.39 bits per heavy atom. The maximum absolute atomic E-state index is 13.3. The quantitative estimate of drug-likeness (QED) is 0.859. The molecule has 0 saturated carbocycles. The van der Waals surface area contributed by atoms with Crippen LogP contribution in [0, 0.1) is 5.82 Å². The summed E-state index contributed by atoms with van der Waals surface area (Å²) < 4.78 is 51.4. The third-order valence-electron chi connectivity index (χ3n) is 3.78. The molecule has 23 heavy (non-hydrogen) atoms. The number of hydrogen-bond donors (Lipinski definition) is 1. The molecule has 1 heterocycles. The van der Waals surface area contributed by atoms with Gasteiger partial charge in [-0.15, -0.1) is 0 Å². The number of amides is 1. The van der Waals surface area contributed by atoms with E-state index in [9.17, 15) is 27.5 Å². The maximum Gasteiger partial charge on any atom is 0.419 e. The molecule has 128 valence electrons. The highest BCUT2D eigenvalue weighted by molar-refractivity contribution is 5.80. The molecule has 8 heteroatoms. The molecule has 1 atom stereocenters. The van der Waals surface area contributed by atoms with E-state index in [4.69, 9.17) is 0 Å². The summed E-state index contributed by atoms with van der Waals surface area (Å²) in [4.78, 5) is 15.1. The molecule has 1 amide bonds. The van der Waals surface area contributed by atoms with Gasteiger partial charge >= 0.3 is 6.18 Å². The number of nitrogens with zero attached hydrogens (tertiary/aromatic N) is 2. The molecule has 1 N–H and O–H groups in total. The molecular weight excluding hydrogens is 316 g/mol. The standard InChI is InChI=1S/C15H18F4N2O2/c1-10(22)14(23)21-6-4-20(5-7-21)9-11-2-3-13(16)12(8-11)15(17,18)19/h2-3,8,10,22H,4-7,9H2,1H3. The van der Waals surface area contributed by atoms with Crippen LogP contribution in [0.5, 0.6) is 0 Å². The molecule has 0 radical (unpaired) electrons. The zero-order valence-corrected chi connectivity index (χ0v) is 12.6. The second-order valence-electron chi connectivity index (χ2n) is 5.59. The lowest BCUT2D eigenvalue weighted by Crippen LogP contribution is -2.50. The fourth-order valence-corrected chi connectivity index (χ4v) is 2.54. The summed E-state index contributed by atoms with van der Waals surface area (Å²) in [5, 5.41) is 9.26. The molecule has 0 bridgehead atoms. The van der Waals surface area contributed by atoms with E-state index in [2.05, 4.69) is 0 Å². The molecule has 0 aromatic heterocycles. The van der Waals surface area contributed by atoms with Gasteiger partial charge in [0.2, 0.25) is 0 Å². The maximum atomic E-state index is 13.3. The molecule has 1 unspecified atom stereocenters. The Morgan fingerprint density at radius 1 is 1.26 bits per heavy atom. The number of benzene rings is 1. The first kappa shape index (κ1) is 17.7. The van der Waals surface area contributed by atoms with Crippen molar-refractivity contribution in [1.29, 1.82) is 0 Å². The number of alkyl halides is 3. The summed E-state index contributed by atoms with van der Waals surface area (Å²) in [6.45, 7) is 3.41. The van der Waals surface area contributed by atoms with E-state index in [1.54, 1.807) is 0 Å². The molecule has 1 aliphatic rings. The van der Waals surface area contributed by atoms with Crippen molar-refractivity contribution >= 4 is 5.91 Å². The number of piperazine rings is 1. The Bertz CT molecular complexity index is 567. The van der Waals surface area contributed by atoms with Crippen molar-refractivity contribution in [3.8, 4) is 0 Å². The van der Waals surface area contributed by atoms with Gasteiger partial charge in [-0.25, -0.2) is 4.39 Å². The lowest BCUT2D eigenvalue weighted by Gasteiger charge is -2.35. The topological polar surface area (TPSA) is 43.8 Å². The van der Waals surface area contributed by atoms with Gasteiger partial charge in [0.1, 0.15) is 11.9 Å². The van der Waals surface area contributed by atoms with Gasteiger partial charge in [0.25, 0.3) is 5.91 Å². The minimum Gasteiger partial charge on any atom is -0.384 e. The van der Waals surface area contributed by atoms with Crippen molar-refractivity contribution in [2.24, 2.45) is 0 Å². The molecule has 2 rings (SSSR count). The molecule has 1 aromatic rings. The third kappa shape index (κ3) is 4.42. The van der Waals surface area contributed by atoms with Crippen LogP contribution < -0.4 is 0 Å². The normalized spacial score (nSPS) is 18.1. The zero-order valence-electron chi connectivity index (χ0n) is 12.6. The molecule has 4 nitrogen and oxygen atoms in total. The summed E-state index contributed by atoms with van der Waals surface area (Å²) in [5.74, 6) is -1.64. The average molecular weight is 334 g/mol. The van der Waals surface area contributed by atoms with Gasteiger partial charge in [-0.1, -0.05) is 6.07 Å². The Hall–Kier alpha value is -1.67. The molecule has 0 spiro atoms. The number of hydrogen-bond acceptors (Lipinski definition) is 3. The van der Waals surface area contributed by atoms with E-state index in [1.165, 1.54) is 17.9 Å². The first-order chi connectivity index (χ1) is 10.7. The van der Waals surface area contributed by atoms with Gasteiger partial charge in [-0.3, -0.25) is 9.69 Å². The van der Waals surface area contributed by atoms with E-state index in [0.29, 0.717) is 31.7 Å². The summed E-state index contributed by atoms with van der Waals surface area (Å²) >= 11 is 0. The molecular formula is C15H18F4N2O2. The highest BCUT2D eigenvalue weighted by atomic mass is 19.4. The lowest BCUT2D eigenvalue weighted by molar-refractivity contribution is -0.141. The smallest absolute Gasteiger partial charge is 0.384 e. The molecule has 1 saturated heterocycles. The monoisotopic (exact) mass is 334 g/mol. The first-order valence-corrected chi connectivity index (χ1v) is 7.23. The van der Waals surface area contributed by atoms with Gasteiger partial charge in [-0.2, -0.15) is 13.2 Å². The van der Waals surface area contributed by atoms with Crippen molar-refractivity contribution in [3.63, 3.8) is 0 Å². The average Bonchev–Trinajstić information content (AvgIpc) is 2.48. The number of halogens is 4. The third-order valence-corrected chi connectivity index (χ3v) is 3.78. The minimum absolute atomic E-state index is 0.250. The highest BCUT2D eigenvalue weighted by Crippen LogP contribution is 2.32. The van der Waals surface area contributed by atoms with Crippen LogP contribution >= 0.6 is 0 Å². The second kappa shape index (κ2) is 6.84. The van der Waals surface area contributed by atoms with Crippen LogP contribution in [0.1, 0.15) is 18.1 Å². The zero-order chi connectivity index (χ0) is 17.2. The summed E-state index contributed by atoms with van der Waals surface area (Å²) in [6.07, 6.45) is -5.78. The molecule has 1 aromatic carbocycles. The van der Waals surface area contributed by atoms with Crippen LogP contribution in [0.2, 0.25) is 0 Å². The van der Waals surface area contributed by atoms with Crippen LogP contribution in [-0.4, -0.2) is 53.1 Å². The SMILES string of the molecule is CC(O)C(=O)N1CCN(Cc2ccc(F)c(C(F)(F)F)c2)CC1. The van der Waals surface area contributed by atoms with Gasteiger partial charge in [0.15, 0.2) is 0 Å².